The molecule has 0 bridgehead atoms. The van der Waals surface area contributed by atoms with Gasteiger partial charge in [0.05, 0.1) is 11.6 Å². The number of piperidine rings is 1. The van der Waals surface area contributed by atoms with E-state index in [9.17, 15) is 14.9 Å². The van der Waals surface area contributed by atoms with Gasteiger partial charge in [-0.3, -0.25) is 14.6 Å². The lowest BCUT2D eigenvalue weighted by Gasteiger charge is -2.34. The van der Waals surface area contributed by atoms with E-state index in [-0.39, 0.29) is 16.9 Å². The fourth-order valence-electron chi connectivity index (χ4n) is 5.56. The predicted octanol–water partition coefficient (Wildman–Crippen LogP) is 3.22. The van der Waals surface area contributed by atoms with Crippen LogP contribution in [0.15, 0.2) is 53.3 Å². The Morgan fingerprint density at radius 3 is 2.54 bits per heavy atom. The van der Waals surface area contributed by atoms with E-state index in [2.05, 4.69) is 50.5 Å². The van der Waals surface area contributed by atoms with E-state index in [1.165, 1.54) is 5.56 Å². The van der Waals surface area contributed by atoms with Crippen LogP contribution in [0.4, 0.5) is 11.8 Å². The molecule has 2 aromatic carbocycles. The lowest BCUT2D eigenvalue weighted by Crippen LogP contribution is -2.41. The SMILES string of the molecule is N#CC1C(=O)Nc2nc(N3CCC(Cc4ccccc4)CC3)[nH]c(=O)c2C1c1ccc2c(c1)OCCO2. The van der Waals surface area contributed by atoms with Crippen molar-refractivity contribution in [2.75, 3.05) is 36.5 Å². The van der Waals surface area contributed by atoms with Crippen molar-refractivity contribution in [2.24, 2.45) is 11.8 Å². The number of carbonyl (C=O) groups is 1. The highest BCUT2D eigenvalue weighted by atomic mass is 16.6. The highest BCUT2D eigenvalue weighted by Crippen LogP contribution is 2.41. The first-order chi connectivity index (χ1) is 18.1. The van der Waals surface area contributed by atoms with Gasteiger partial charge in [0.25, 0.3) is 5.56 Å². The van der Waals surface area contributed by atoms with Crippen LogP contribution in [0, 0.1) is 23.2 Å². The van der Waals surface area contributed by atoms with E-state index in [1.54, 1.807) is 18.2 Å². The molecule has 6 rings (SSSR count). The van der Waals surface area contributed by atoms with E-state index in [1.807, 2.05) is 6.07 Å². The molecule has 2 N–H and O–H groups in total. The molecule has 9 heteroatoms. The van der Waals surface area contributed by atoms with Crippen molar-refractivity contribution in [1.29, 1.82) is 5.26 Å². The molecule has 3 aliphatic rings. The molecule has 0 spiro atoms. The maximum atomic E-state index is 13.4. The molecule has 3 aliphatic heterocycles. The molecule has 0 radical (unpaired) electrons. The number of anilines is 2. The molecule has 0 aliphatic carbocycles. The Bertz CT molecular complexity index is 1420. The second kappa shape index (κ2) is 9.62. The number of aromatic nitrogens is 2. The number of ether oxygens (including phenoxy) is 2. The van der Waals surface area contributed by atoms with Crippen LogP contribution >= 0.6 is 0 Å². The molecule has 1 amide bonds. The quantitative estimate of drug-likeness (QED) is 0.568. The minimum absolute atomic E-state index is 0.210. The highest BCUT2D eigenvalue weighted by molar-refractivity contribution is 5.98. The number of hydrogen-bond acceptors (Lipinski definition) is 7. The first-order valence-electron chi connectivity index (χ1n) is 12.6. The summed E-state index contributed by atoms with van der Waals surface area (Å²) in [7, 11) is 0. The van der Waals surface area contributed by atoms with Gasteiger partial charge in [0.1, 0.15) is 24.9 Å². The van der Waals surface area contributed by atoms with Crippen LogP contribution in [0.3, 0.4) is 0 Å². The van der Waals surface area contributed by atoms with Gasteiger partial charge in [0, 0.05) is 19.0 Å². The summed E-state index contributed by atoms with van der Waals surface area (Å²) in [5.74, 6) is 0.0395. The van der Waals surface area contributed by atoms with Crippen molar-refractivity contribution in [3.05, 3.63) is 75.6 Å². The third-order valence-corrected chi connectivity index (χ3v) is 7.46. The topological polar surface area (TPSA) is 120 Å². The number of carbonyl (C=O) groups excluding carboxylic acids is 1. The number of benzene rings is 2. The summed E-state index contributed by atoms with van der Waals surface area (Å²) in [4.78, 5) is 36.0. The van der Waals surface area contributed by atoms with Gasteiger partial charge >= 0.3 is 0 Å². The summed E-state index contributed by atoms with van der Waals surface area (Å²) in [6.45, 7) is 2.39. The van der Waals surface area contributed by atoms with E-state index in [0.717, 1.165) is 32.4 Å². The minimum atomic E-state index is -1.07. The van der Waals surface area contributed by atoms with Crippen LogP contribution in [0.1, 0.15) is 35.4 Å². The zero-order chi connectivity index (χ0) is 25.4. The summed E-state index contributed by atoms with van der Waals surface area (Å²) in [5.41, 5.74) is 1.90. The second-order valence-electron chi connectivity index (χ2n) is 9.75. The first kappa shape index (κ1) is 23.1. The van der Waals surface area contributed by atoms with Gasteiger partial charge < -0.3 is 19.7 Å². The normalized spacial score (nSPS) is 21.1. The maximum absolute atomic E-state index is 13.4. The zero-order valence-electron chi connectivity index (χ0n) is 20.3. The van der Waals surface area contributed by atoms with Crippen LogP contribution in [0.5, 0.6) is 11.5 Å². The number of amides is 1. The van der Waals surface area contributed by atoms with Crippen molar-refractivity contribution in [2.45, 2.75) is 25.2 Å². The fraction of sp³-hybridized carbons (Fsp3) is 0.357. The van der Waals surface area contributed by atoms with E-state index >= 15 is 0 Å². The average Bonchev–Trinajstić information content (AvgIpc) is 2.93. The summed E-state index contributed by atoms with van der Waals surface area (Å²) in [5, 5.41) is 12.5. The molecule has 0 saturated carbocycles. The van der Waals surface area contributed by atoms with Crippen LogP contribution in [0.2, 0.25) is 0 Å². The van der Waals surface area contributed by atoms with Gasteiger partial charge in [0.2, 0.25) is 11.9 Å². The molecule has 3 aromatic rings. The van der Waals surface area contributed by atoms with Crippen molar-refractivity contribution < 1.29 is 14.3 Å². The van der Waals surface area contributed by atoms with Crippen LogP contribution in [-0.4, -0.2) is 42.2 Å². The number of hydrogen-bond donors (Lipinski definition) is 2. The number of nitrogens with one attached hydrogen (secondary N) is 2. The second-order valence-corrected chi connectivity index (χ2v) is 9.75. The summed E-state index contributed by atoms with van der Waals surface area (Å²) >= 11 is 0. The van der Waals surface area contributed by atoms with Gasteiger partial charge in [-0.15, -0.1) is 0 Å². The molecule has 2 atom stereocenters. The Kier molecular flexibility index (Phi) is 6.01. The number of nitrogens with zero attached hydrogens (tertiary/aromatic N) is 3. The Morgan fingerprint density at radius 2 is 1.78 bits per heavy atom. The van der Waals surface area contributed by atoms with Crippen LogP contribution in [0.25, 0.3) is 0 Å². The van der Waals surface area contributed by atoms with Crippen LogP contribution < -0.4 is 25.2 Å². The van der Waals surface area contributed by atoms with Gasteiger partial charge in [-0.1, -0.05) is 36.4 Å². The zero-order valence-corrected chi connectivity index (χ0v) is 20.3. The predicted molar refractivity (Wildman–Crippen MR) is 137 cm³/mol. The Hall–Kier alpha value is -4.32. The molecule has 1 aromatic heterocycles. The van der Waals surface area contributed by atoms with Gasteiger partial charge in [-0.2, -0.15) is 10.2 Å². The molecule has 37 heavy (non-hydrogen) atoms. The van der Waals surface area contributed by atoms with Gasteiger partial charge in [-0.25, -0.2) is 0 Å². The number of fused-ring (bicyclic) bond motifs is 2. The molecular formula is C28H27N5O4. The lowest BCUT2D eigenvalue weighted by molar-refractivity contribution is -0.119. The Balaban J connectivity index is 1.28. The Labute approximate surface area is 214 Å². The number of aromatic amines is 1. The van der Waals surface area contributed by atoms with Gasteiger partial charge in [0.15, 0.2) is 11.5 Å². The lowest BCUT2D eigenvalue weighted by atomic mass is 9.79. The summed E-state index contributed by atoms with van der Waals surface area (Å²) < 4.78 is 11.3. The fourth-order valence-corrected chi connectivity index (χ4v) is 5.56. The van der Waals surface area contributed by atoms with E-state index < -0.39 is 17.7 Å². The standard InChI is InChI=1S/C28H27N5O4/c29-16-20-23(19-6-7-21-22(15-19)37-13-12-36-21)24-25(30-26(20)34)31-28(32-27(24)35)33-10-8-18(9-11-33)14-17-4-2-1-3-5-17/h1-7,15,18,20,23H,8-14H2,(H2,30,31,32,34,35). The van der Waals surface area contributed by atoms with Crippen LogP contribution in [-0.2, 0) is 11.2 Å². The third kappa shape index (κ3) is 4.40. The average molecular weight is 498 g/mol. The monoisotopic (exact) mass is 497 g/mol. The molecule has 188 valence electrons. The number of rotatable bonds is 4. The molecule has 9 nitrogen and oxygen atoms in total. The summed E-state index contributed by atoms with van der Waals surface area (Å²) in [6.07, 6.45) is 3.00. The largest absolute Gasteiger partial charge is 0.486 e. The molecule has 1 fully saturated rings. The number of H-pyrrole nitrogens is 1. The third-order valence-electron chi connectivity index (χ3n) is 7.46. The van der Waals surface area contributed by atoms with E-state index in [0.29, 0.717) is 42.1 Å². The van der Waals surface area contributed by atoms with Crippen molar-refractivity contribution >= 4 is 17.7 Å². The molecule has 2 unspecified atom stereocenters. The molecule has 4 heterocycles. The van der Waals surface area contributed by atoms with E-state index in [4.69, 9.17) is 9.47 Å². The number of nitriles is 1. The smallest absolute Gasteiger partial charge is 0.258 e. The van der Waals surface area contributed by atoms with Crippen molar-refractivity contribution in [3.63, 3.8) is 0 Å². The van der Waals surface area contributed by atoms with Crippen molar-refractivity contribution in [3.8, 4) is 17.6 Å². The summed E-state index contributed by atoms with van der Waals surface area (Å²) in [6, 6.07) is 17.8. The Morgan fingerprint density at radius 1 is 1.03 bits per heavy atom. The van der Waals surface area contributed by atoms with Crippen molar-refractivity contribution in [1.82, 2.24) is 9.97 Å². The van der Waals surface area contributed by atoms with Gasteiger partial charge in [-0.05, 0) is 48.4 Å². The highest BCUT2D eigenvalue weighted by Gasteiger charge is 2.41. The molecule has 1 saturated heterocycles. The minimum Gasteiger partial charge on any atom is -0.486 e. The first-order valence-corrected chi connectivity index (χ1v) is 12.6. The maximum Gasteiger partial charge on any atom is 0.258 e. The molecular weight excluding hydrogens is 470 g/mol.